The maximum absolute atomic E-state index is 14.3. The molecule has 2 atom stereocenters. The van der Waals surface area contributed by atoms with Gasteiger partial charge in [-0.3, -0.25) is 14.4 Å². The molecular weight excluding hydrogens is 461 g/mol. The second kappa shape index (κ2) is 11.0. The van der Waals surface area contributed by atoms with E-state index in [1.54, 1.807) is 51.1 Å². The number of hydrogen-bond acceptors (Lipinski definition) is 5. The van der Waals surface area contributed by atoms with E-state index < -0.39 is 17.4 Å². The average molecular weight is 494 g/mol. The van der Waals surface area contributed by atoms with E-state index in [4.69, 9.17) is 0 Å². The number of aryl methyl sites for hydroxylation is 1. The van der Waals surface area contributed by atoms with Gasteiger partial charge in [0.25, 0.3) is 5.91 Å². The highest BCUT2D eigenvalue weighted by Crippen LogP contribution is 2.36. The molecule has 0 spiro atoms. The fraction of sp³-hybridized carbons (Fsp3) is 0.345. The number of nitrogens with one attached hydrogen (secondary N) is 1. The molecule has 1 amide bonds. The molecule has 2 aromatic rings. The van der Waals surface area contributed by atoms with Crippen LogP contribution in [0.1, 0.15) is 56.5 Å². The number of allylic oxidation sites excluding steroid dienone is 4. The summed E-state index contributed by atoms with van der Waals surface area (Å²) in [6.07, 6.45) is 0.681. The third-order valence-electron chi connectivity index (χ3n) is 6.83. The SMILES string of the molecule is CC1=C(C)C(=O)C(C(CCc2ccccc2F)CC(C)(O)CNC(=O)c2ccccc2O)=C(C)C1=O. The minimum atomic E-state index is -1.46. The van der Waals surface area contributed by atoms with Crippen LogP contribution >= 0.6 is 0 Å². The zero-order chi connectivity index (χ0) is 26.6. The number of amides is 1. The molecule has 0 heterocycles. The highest BCUT2D eigenvalue weighted by Gasteiger charge is 2.36. The number of carbonyl (C=O) groups excluding carboxylic acids is 3. The number of benzene rings is 2. The molecule has 3 rings (SSSR count). The lowest BCUT2D eigenvalue weighted by Crippen LogP contribution is -2.43. The van der Waals surface area contributed by atoms with Crippen molar-refractivity contribution in [1.29, 1.82) is 0 Å². The highest BCUT2D eigenvalue weighted by molar-refractivity contribution is 6.24. The summed E-state index contributed by atoms with van der Waals surface area (Å²) in [5.74, 6) is -2.11. The molecule has 0 aliphatic heterocycles. The van der Waals surface area contributed by atoms with Crippen molar-refractivity contribution in [2.24, 2.45) is 5.92 Å². The zero-order valence-corrected chi connectivity index (χ0v) is 21.0. The fourth-order valence-electron chi connectivity index (χ4n) is 4.62. The van der Waals surface area contributed by atoms with Crippen molar-refractivity contribution in [3.63, 3.8) is 0 Å². The Balaban J connectivity index is 1.85. The summed E-state index contributed by atoms with van der Waals surface area (Å²) >= 11 is 0. The Morgan fingerprint density at radius 1 is 0.972 bits per heavy atom. The van der Waals surface area contributed by atoms with Gasteiger partial charge in [0, 0.05) is 28.8 Å². The van der Waals surface area contributed by atoms with E-state index in [2.05, 4.69) is 5.32 Å². The number of Topliss-reactive ketones (excluding diaryl/α,β-unsaturated/α-hetero) is 2. The Kier molecular flexibility index (Phi) is 8.25. The van der Waals surface area contributed by atoms with Gasteiger partial charge >= 0.3 is 0 Å². The van der Waals surface area contributed by atoms with Crippen LogP contribution < -0.4 is 5.32 Å². The molecule has 0 aromatic heterocycles. The van der Waals surface area contributed by atoms with E-state index in [-0.39, 0.29) is 41.7 Å². The van der Waals surface area contributed by atoms with E-state index in [9.17, 15) is 29.0 Å². The third-order valence-corrected chi connectivity index (χ3v) is 6.83. The van der Waals surface area contributed by atoms with E-state index in [1.807, 2.05) is 0 Å². The van der Waals surface area contributed by atoms with Gasteiger partial charge in [0.05, 0.1) is 11.2 Å². The molecule has 36 heavy (non-hydrogen) atoms. The van der Waals surface area contributed by atoms with Gasteiger partial charge in [0.15, 0.2) is 11.6 Å². The van der Waals surface area contributed by atoms with Crippen molar-refractivity contribution in [1.82, 2.24) is 5.32 Å². The van der Waals surface area contributed by atoms with Gasteiger partial charge < -0.3 is 15.5 Å². The largest absolute Gasteiger partial charge is 0.507 e. The molecule has 1 aliphatic carbocycles. The van der Waals surface area contributed by atoms with Crippen LogP contribution in [0.3, 0.4) is 0 Å². The normalized spacial score (nSPS) is 16.7. The predicted molar refractivity (Wildman–Crippen MR) is 135 cm³/mol. The second-order valence-electron chi connectivity index (χ2n) is 9.67. The van der Waals surface area contributed by atoms with Crippen molar-refractivity contribution in [2.45, 2.75) is 52.6 Å². The summed E-state index contributed by atoms with van der Waals surface area (Å²) in [7, 11) is 0. The Labute approximate surface area is 210 Å². The van der Waals surface area contributed by atoms with E-state index >= 15 is 0 Å². The van der Waals surface area contributed by atoms with Gasteiger partial charge in [0.2, 0.25) is 0 Å². The number of phenols is 1. The fourth-order valence-corrected chi connectivity index (χ4v) is 4.62. The van der Waals surface area contributed by atoms with Crippen LogP contribution in [0.15, 0.2) is 70.8 Å². The third kappa shape index (κ3) is 5.97. The quantitative estimate of drug-likeness (QED) is 0.448. The van der Waals surface area contributed by atoms with E-state index in [0.29, 0.717) is 40.7 Å². The molecule has 6 nitrogen and oxygen atoms in total. The van der Waals surface area contributed by atoms with Gasteiger partial charge in [-0.2, -0.15) is 0 Å². The number of aromatic hydroxyl groups is 1. The van der Waals surface area contributed by atoms with Crippen LogP contribution in [0.4, 0.5) is 4.39 Å². The first kappa shape index (κ1) is 27.0. The van der Waals surface area contributed by atoms with Crippen molar-refractivity contribution in [3.8, 4) is 5.75 Å². The molecule has 0 radical (unpaired) electrons. The lowest BCUT2D eigenvalue weighted by atomic mass is 9.74. The molecule has 0 saturated carbocycles. The summed E-state index contributed by atoms with van der Waals surface area (Å²) in [6.45, 7) is 6.22. The lowest BCUT2D eigenvalue weighted by molar-refractivity contribution is -0.117. The summed E-state index contributed by atoms with van der Waals surface area (Å²) in [5, 5.41) is 23.8. The first-order valence-electron chi connectivity index (χ1n) is 11.9. The number of ketones is 2. The van der Waals surface area contributed by atoms with Crippen molar-refractivity contribution in [3.05, 3.63) is 87.8 Å². The maximum atomic E-state index is 14.3. The molecule has 2 unspecified atom stereocenters. The molecule has 190 valence electrons. The monoisotopic (exact) mass is 493 g/mol. The molecule has 1 aliphatic rings. The number of para-hydroxylation sites is 1. The van der Waals surface area contributed by atoms with Gasteiger partial charge in [0.1, 0.15) is 11.6 Å². The Morgan fingerprint density at radius 2 is 1.58 bits per heavy atom. The van der Waals surface area contributed by atoms with Gasteiger partial charge in [-0.15, -0.1) is 0 Å². The van der Waals surface area contributed by atoms with Crippen LogP contribution in [-0.4, -0.2) is 39.8 Å². The average Bonchev–Trinajstić information content (AvgIpc) is 2.84. The summed E-state index contributed by atoms with van der Waals surface area (Å²) in [6, 6.07) is 12.4. The van der Waals surface area contributed by atoms with Crippen molar-refractivity contribution in [2.75, 3.05) is 6.54 Å². The summed E-state index contributed by atoms with van der Waals surface area (Å²) in [4.78, 5) is 38.6. The number of carbonyl (C=O) groups is 3. The van der Waals surface area contributed by atoms with E-state index in [0.717, 1.165) is 0 Å². The smallest absolute Gasteiger partial charge is 0.255 e. The number of rotatable bonds is 9. The Morgan fingerprint density at radius 3 is 2.25 bits per heavy atom. The van der Waals surface area contributed by atoms with Crippen molar-refractivity contribution >= 4 is 17.5 Å². The lowest BCUT2D eigenvalue weighted by Gasteiger charge is -2.32. The molecule has 7 heteroatoms. The zero-order valence-electron chi connectivity index (χ0n) is 21.0. The number of aliphatic hydroxyl groups is 1. The van der Waals surface area contributed by atoms with E-state index in [1.165, 1.54) is 25.1 Å². The van der Waals surface area contributed by atoms with Gasteiger partial charge in [-0.25, -0.2) is 4.39 Å². The molecule has 0 bridgehead atoms. The minimum absolute atomic E-state index is 0.0561. The van der Waals surface area contributed by atoms with Crippen LogP contribution in [0.5, 0.6) is 5.75 Å². The topological polar surface area (TPSA) is 104 Å². The molecule has 2 aromatic carbocycles. The standard InChI is InChI=1S/C29H32FNO5/c1-17-18(2)27(34)25(19(3)26(17)33)21(14-13-20-9-5-7-11-23(20)30)15-29(4,36)16-31-28(35)22-10-6-8-12-24(22)32/h5-12,21,32,36H,13-16H2,1-4H3,(H,31,35). The molecule has 0 fully saturated rings. The Hall–Kier alpha value is -3.58. The van der Waals surface area contributed by atoms with Crippen LogP contribution in [0.2, 0.25) is 0 Å². The van der Waals surface area contributed by atoms with Crippen LogP contribution in [0, 0.1) is 11.7 Å². The number of halogens is 1. The Bertz CT molecular complexity index is 1260. The minimum Gasteiger partial charge on any atom is -0.507 e. The highest BCUT2D eigenvalue weighted by atomic mass is 19.1. The first-order valence-corrected chi connectivity index (χ1v) is 11.9. The first-order chi connectivity index (χ1) is 16.9. The summed E-state index contributed by atoms with van der Waals surface area (Å²) < 4.78 is 14.3. The number of hydrogen-bond donors (Lipinski definition) is 3. The van der Waals surface area contributed by atoms with Crippen molar-refractivity contribution < 1.29 is 29.0 Å². The maximum Gasteiger partial charge on any atom is 0.255 e. The van der Waals surface area contributed by atoms with Gasteiger partial charge in [-0.1, -0.05) is 30.3 Å². The number of phenolic OH excluding ortho intramolecular Hbond substituents is 1. The van der Waals surface area contributed by atoms with Crippen LogP contribution in [0.25, 0.3) is 0 Å². The van der Waals surface area contributed by atoms with Gasteiger partial charge in [-0.05, 0) is 76.6 Å². The summed E-state index contributed by atoms with van der Waals surface area (Å²) in [5.41, 5.74) is 0.515. The van der Waals surface area contributed by atoms with Crippen LogP contribution in [-0.2, 0) is 16.0 Å². The molecular formula is C29H32FNO5. The second-order valence-corrected chi connectivity index (χ2v) is 9.67. The molecule has 3 N–H and O–H groups in total. The molecule has 0 saturated heterocycles. The predicted octanol–water partition coefficient (Wildman–Crippen LogP) is 4.46.